The number of benzene rings is 2. The first-order chi connectivity index (χ1) is 14.0. The summed E-state index contributed by atoms with van der Waals surface area (Å²) in [5.74, 6) is 1.04. The molecule has 2 aromatic heterocycles. The van der Waals surface area contributed by atoms with E-state index in [1.165, 1.54) is 0 Å². The number of para-hydroxylation sites is 3. The molecule has 5 nitrogen and oxygen atoms in total. The van der Waals surface area contributed by atoms with Crippen LogP contribution in [-0.2, 0) is 4.79 Å². The Morgan fingerprint density at radius 1 is 1.07 bits per heavy atom. The largest absolute Gasteiger partial charge is 0.361 e. The lowest BCUT2D eigenvalue weighted by molar-refractivity contribution is -0.118. The smallest absolute Gasteiger partial charge is 0.209 e. The van der Waals surface area contributed by atoms with E-state index < -0.39 is 0 Å². The predicted octanol–water partition coefficient (Wildman–Crippen LogP) is 5.18. The van der Waals surface area contributed by atoms with Crippen molar-refractivity contribution < 1.29 is 4.79 Å². The molecular formula is C24H22N4O. The molecule has 3 heterocycles. The van der Waals surface area contributed by atoms with E-state index in [0.29, 0.717) is 6.42 Å². The molecule has 2 N–H and O–H groups in total. The Kier molecular flexibility index (Phi) is 3.20. The van der Waals surface area contributed by atoms with Gasteiger partial charge in [0.2, 0.25) is 5.95 Å². The van der Waals surface area contributed by atoms with E-state index in [-0.39, 0.29) is 17.2 Å². The Balaban J connectivity index is 1.68. The average Bonchev–Trinajstić information content (AvgIpc) is 3.26. The van der Waals surface area contributed by atoms with Crippen LogP contribution in [0.2, 0.25) is 0 Å². The average molecular weight is 382 g/mol. The van der Waals surface area contributed by atoms with E-state index in [0.717, 1.165) is 51.1 Å². The van der Waals surface area contributed by atoms with Gasteiger partial charge in [0.25, 0.3) is 0 Å². The van der Waals surface area contributed by atoms with Crippen LogP contribution >= 0.6 is 0 Å². The number of rotatable bonds is 1. The van der Waals surface area contributed by atoms with Crippen molar-refractivity contribution in [2.75, 3.05) is 5.32 Å². The van der Waals surface area contributed by atoms with Gasteiger partial charge in [-0.25, -0.2) is 4.98 Å². The molecule has 0 amide bonds. The number of imidazole rings is 1. The topological polar surface area (TPSA) is 62.7 Å². The summed E-state index contributed by atoms with van der Waals surface area (Å²) < 4.78 is 2.19. The molecular weight excluding hydrogens is 360 g/mol. The van der Waals surface area contributed by atoms with E-state index in [4.69, 9.17) is 4.98 Å². The van der Waals surface area contributed by atoms with Crippen LogP contribution in [0, 0.1) is 5.41 Å². The van der Waals surface area contributed by atoms with Crippen molar-refractivity contribution >= 4 is 33.7 Å². The van der Waals surface area contributed by atoms with Crippen LogP contribution in [-0.4, -0.2) is 20.3 Å². The van der Waals surface area contributed by atoms with Crippen molar-refractivity contribution in [2.24, 2.45) is 5.41 Å². The zero-order valence-electron chi connectivity index (χ0n) is 16.5. The third-order valence-electron chi connectivity index (χ3n) is 6.23. The standard InChI is InChI=1S/C24H22N4O/c1-24(2)11-18-21(20(29)12-24)22(15-13-25-16-8-4-3-7-14(15)16)28-19-10-6-5-9-17(19)26-23(28)27-18/h3-10,13,22,25H,11-12H2,1-2H3,(H,26,27). The number of H-pyrrole nitrogens is 1. The Labute approximate surface area is 168 Å². The van der Waals surface area contributed by atoms with Gasteiger partial charge in [0.15, 0.2) is 5.78 Å². The molecule has 0 fully saturated rings. The summed E-state index contributed by atoms with van der Waals surface area (Å²) in [5, 5.41) is 4.66. The number of aromatic amines is 1. The molecule has 1 atom stereocenters. The number of nitrogens with one attached hydrogen (secondary N) is 2. The predicted molar refractivity (Wildman–Crippen MR) is 115 cm³/mol. The fourth-order valence-corrected chi connectivity index (χ4v) is 5.04. The molecule has 0 radical (unpaired) electrons. The van der Waals surface area contributed by atoms with Crippen molar-refractivity contribution in [2.45, 2.75) is 32.7 Å². The monoisotopic (exact) mass is 382 g/mol. The highest BCUT2D eigenvalue weighted by atomic mass is 16.1. The molecule has 0 saturated carbocycles. The lowest BCUT2D eigenvalue weighted by atomic mass is 9.73. The van der Waals surface area contributed by atoms with Crippen LogP contribution in [0.1, 0.15) is 38.3 Å². The minimum absolute atomic E-state index is 0.0537. The van der Waals surface area contributed by atoms with Crippen LogP contribution in [0.25, 0.3) is 21.9 Å². The van der Waals surface area contributed by atoms with E-state index in [2.05, 4.69) is 59.2 Å². The number of hydrogen-bond acceptors (Lipinski definition) is 3. The molecule has 1 aliphatic heterocycles. The highest BCUT2D eigenvalue weighted by molar-refractivity contribution is 6.02. The van der Waals surface area contributed by atoms with Gasteiger partial charge in [0.1, 0.15) is 0 Å². The Morgan fingerprint density at radius 2 is 1.86 bits per heavy atom. The lowest BCUT2D eigenvalue weighted by Gasteiger charge is -2.39. The maximum Gasteiger partial charge on any atom is 0.209 e. The summed E-state index contributed by atoms with van der Waals surface area (Å²) in [4.78, 5) is 21.7. The molecule has 4 aromatic rings. The van der Waals surface area contributed by atoms with Gasteiger partial charge in [-0.3, -0.25) is 9.36 Å². The Morgan fingerprint density at radius 3 is 2.76 bits per heavy atom. The number of carbonyl (C=O) groups is 1. The first-order valence-electron chi connectivity index (χ1n) is 10.1. The first-order valence-corrected chi connectivity index (χ1v) is 10.1. The van der Waals surface area contributed by atoms with Gasteiger partial charge in [-0.2, -0.15) is 0 Å². The quantitative estimate of drug-likeness (QED) is 0.477. The number of Topliss-reactive ketones (excluding diaryl/α,β-unsaturated/α-hetero) is 1. The number of ketones is 1. The first kappa shape index (κ1) is 16.6. The summed E-state index contributed by atoms with van der Waals surface area (Å²) in [5.41, 5.74) is 6.02. The molecule has 2 aromatic carbocycles. The molecule has 144 valence electrons. The van der Waals surface area contributed by atoms with Gasteiger partial charge in [-0.1, -0.05) is 44.2 Å². The summed E-state index contributed by atoms with van der Waals surface area (Å²) in [6.07, 6.45) is 3.46. The van der Waals surface area contributed by atoms with Crippen molar-refractivity contribution in [1.29, 1.82) is 0 Å². The molecule has 6 rings (SSSR count). The summed E-state index contributed by atoms with van der Waals surface area (Å²) in [6, 6.07) is 16.2. The molecule has 0 saturated heterocycles. The normalized spacial score (nSPS) is 20.6. The third kappa shape index (κ3) is 2.33. The number of nitrogens with zero attached hydrogens (tertiary/aromatic N) is 2. The molecule has 0 bridgehead atoms. The van der Waals surface area contributed by atoms with Crippen molar-refractivity contribution in [3.05, 3.63) is 71.6 Å². The van der Waals surface area contributed by atoms with Crippen LogP contribution in [0.3, 0.4) is 0 Å². The molecule has 1 unspecified atom stereocenters. The zero-order chi connectivity index (χ0) is 19.8. The van der Waals surface area contributed by atoms with Crippen LogP contribution < -0.4 is 5.32 Å². The fourth-order valence-electron chi connectivity index (χ4n) is 5.04. The highest BCUT2D eigenvalue weighted by Gasteiger charge is 2.42. The number of anilines is 1. The molecule has 29 heavy (non-hydrogen) atoms. The van der Waals surface area contributed by atoms with Crippen LogP contribution in [0.15, 0.2) is 66.0 Å². The van der Waals surface area contributed by atoms with Gasteiger partial charge in [0.05, 0.1) is 17.1 Å². The van der Waals surface area contributed by atoms with Crippen LogP contribution in [0.5, 0.6) is 0 Å². The minimum Gasteiger partial charge on any atom is -0.361 e. The van der Waals surface area contributed by atoms with Crippen molar-refractivity contribution in [3.8, 4) is 0 Å². The molecule has 0 spiro atoms. The second-order valence-corrected chi connectivity index (χ2v) is 8.94. The molecule has 1 aliphatic carbocycles. The van der Waals surface area contributed by atoms with Gasteiger partial charge in [-0.05, 0) is 30.0 Å². The molecule has 5 heteroatoms. The Bertz CT molecular complexity index is 1340. The number of carbonyl (C=O) groups excluding carboxylic acids is 1. The second kappa shape index (κ2) is 5.60. The number of aromatic nitrogens is 3. The minimum atomic E-state index is -0.187. The summed E-state index contributed by atoms with van der Waals surface area (Å²) in [6.45, 7) is 4.32. The van der Waals surface area contributed by atoms with Crippen LogP contribution in [0.4, 0.5) is 5.95 Å². The van der Waals surface area contributed by atoms with Gasteiger partial charge >= 0.3 is 0 Å². The van der Waals surface area contributed by atoms with E-state index in [9.17, 15) is 4.79 Å². The van der Waals surface area contributed by atoms with Gasteiger partial charge < -0.3 is 10.3 Å². The second-order valence-electron chi connectivity index (χ2n) is 8.94. The van der Waals surface area contributed by atoms with E-state index in [1.54, 1.807) is 0 Å². The van der Waals surface area contributed by atoms with Crippen molar-refractivity contribution in [3.63, 3.8) is 0 Å². The maximum atomic E-state index is 13.4. The fraction of sp³-hybridized carbons (Fsp3) is 0.250. The lowest BCUT2D eigenvalue weighted by Crippen LogP contribution is -2.36. The number of allylic oxidation sites excluding steroid dienone is 2. The van der Waals surface area contributed by atoms with Gasteiger partial charge in [-0.15, -0.1) is 0 Å². The maximum absolute atomic E-state index is 13.4. The summed E-state index contributed by atoms with van der Waals surface area (Å²) >= 11 is 0. The third-order valence-corrected chi connectivity index (χ3v) is 6.23. The van der Waals surface area contributed by atoms with Crippen molar-refractivity contribution in [1.82, 2.24) is 14.5 Å². The SMILES string of the molecule is CC1(C)CC(=O)C2=C(C1)Nc1nc3ccccc3n1C2c1c[nH]c2ccccc12. The number of hydrogen-bond donors (Lipinski definition) is 2. The number of fused-ring (bicyclic) bond motifs is 4. The zero-order valence-corrected chi connectivity index (χ0v) is 16.5. The Hall–Kier alpha value is -3.34. The highest BCUT2D eigenvalue weighted by Crippen LogP contribution is 2.48. The van der Waals surface area contributed by atoms with Gasteiger partial charge in [0, 0.05) is 40.4 Å². The molecule has 2 aliphatic rings. The summed E-state index contributed by atoms with van der Waals surface area (Å²) in [7, 11) is 0. The van der Waals surface area contributed by atoms with E-state index >= 15 is 0 Å². The van der Waals surface area contributed by atoms with E-state index in [1.807, 2.05) is 24.3 Å².